The smallest absolute Gasteiger partial charge is 0.416 e. The summed E-state index contributed by atoms with van der Waals surface area (Å²) in [6.07, 6.45) is -6.09. The van der Waals surface area contributed by atoms with Crippen LogP contribution in [0.1, 0.15) is 30.5 Å². The van der Waals surface area contributed by atoms with Crippen LogP contribution in [0, 0.1) is 0 Å². The number of carbonyl (C=O) groups is 2. The van der Waals surface area contributed by atoms with Crippen molar-refractivity contribution in [2.75, 3.05) is 6.61 Å². The zero-order valence-corrected chi connectivity index (χ0v) is 17.1. The van der Waals surface area contributed by atoms with Crippen LogP contribution in [0.2, 0.25) is 0 Å². The first-order chi connectivity index (χ1) is 14.6. The minimum atomic E-state index is -4.45. The van der Waals surface area contributed by atoms with Gasteiger partial charge in [-0.05, 0) is 49.2 Å². The number of hydrogen-bond donors (Lipinski definition) is 2. The Labute approximate surface area is 178 Å². The van der Waals surface area contributed by atoms with Gasteiger partial charge in [-0.3, -0.25) is 4.79 Å². The van der Waals surface area contributed by atoms with Crippen molar-refractivity contribution >= 4 is 11.9 Å². The van der Waals surface area contributed by atoms with Crippen molar-refractivity contribution in [3.8, 4) is 5.75 Å². The fourth-order valence-corrected chi connectivity index (χ4v) is 2.79. The number of rotatable bonds is 10. The van der Waals surface area contributed by atoms with Crippen LogP contribution in [0.25, 0.3) is 0 Å². The molecule has 0 spiro atoms. The van der Waals surface area contributed by atoms with E-state index in [1.807, 2.05) is 0 Å². The summed E-state index contributed by atoms with van der Waals surface area (Å²) in [6, 6.07) is 11.3. The maximum atomic E-state index is 12.8. The maximum absolute atomic E-state index is 12.8. The number of amides is 1. The molecule has 0 aliphatic carbocycles. The molecule has 0 heterocycles. The number of halogens is 3. The van der Waals surface area contributed by atoms with E-state index >= 15 is 0 Å². The van der Waals surface area contributed by atoms with E-state index in [0.29, 0.717) is 11.3 Å². The maximum Gasteiger partial charge on any atom is 0.416 e. The van der Waals surface area contributed by atoms with E-state index in [2.05, 4.69) is 5.32 Å². The van der Waals surface area contributed by atoms with Crippen LogP contribution >= 0.6 is 0 Å². The van der Waals surface area contributed by atoms with Gasteiger partial charge >= 0.3 is 12.1 Å². The highest BCUT2D eigenvalue weighted by Crippen LogP contribution is 2.29. The van der Waals surface area contributed by atoms with E-state index in [0.717, 1.165) is 17.7 Å². The Kier molecular flexibility index (Phi) is 8.44. The molecule has 6 nitrogen and oxygen atoms in total. The molecule has 1 unspecified atom stereocenters. The van der Waals surface area contributed by atoms with E-state index in [1.165, 1.54) is 19.1 Å². The summed E-state index contributed by atoms with van der Waals surface area (Å²) in [4.78, 5) is 23.4. The fourth-order valence-electron chi connectivity index (χ4n) is 2.79. The van der Waals surface area contributed by atoms with Gasteiger partial charge in [0.15, 0.2) is 12.2 Å². The second-order valence-corrected chi connectivity index (χ2v) is 6.81. The van der Waals surface area contributed by atoms with Crippen molar-refractivity contribution < 1.29 is 37.3 Å². The number of aliphatic carboxylic acids is 1. The molecule has 0 radical (unpaired) electrons. The predicted molar refractivity (Wildman–Crippen MR) is 107 cm³/mol. The quantitative estimate of drug-likeness (QED) is 0.588. The van der Waals surface area contributed by atoms with E-state index in [1.54, 1.807) is 31.2 Å². The molecule has 31 heavy (non-hydrogen) atoms. The third kappa shape index (κ3) is 7.60. The second-order valence-electron chi connectivity index (χ2n) is 6.81. The molecule has 2 rings (SSSR count). The van der Waals surface area contributed by atoms with Gasteiger partial charge in [-0.1, -0.05) is 24.3 Å². The fraction of sp³-hybridized carbons (Fsp3) is 0.364. The lowest BCUT2D eigenvalue weighted by Crippen LogP contribution is -2.35. The Morgan fingerprint density at radius 1 is 1.10 bits per heavy atom. The van der Waals surface area contributed by atoms with Gasteiger partial charge in [0.05, 0.1) is 5.56 Å². The molecule has 0 aliphatic heterocycles. The van der Waals surface area contributed by atoms with Crippen LogP contribution in [0.3, 0.4) is 0 Å². The van der Waals surface area contributed by atoms with Crippen LogP contribution < -0.4 is 10.1 Å². The number of ether oxygens (including phenoxy) is 2. The first kappa shape index (κ1) is 24.2. The predicted octanol–water partition coefficient (Wildman–Crippen LogP) is 3.82. The highest BCUT2D eigenvalue weighted by Gasteiger charge is 2.30. The second kappa shape index (κ2) is 10.8. The van der Waals surface area contributed by atoms with E-state index in [-0.39, 0.29) is 19.6 Å². The summed E-state index contributed by atoms with van der Waals surface area (Å²) in [6.45, 7) is 3.45. The Bertz CT molecular complexity index is 883. The summed E-state index contributed by atoms with van der Waals surface area (Å²) in [5.74, 6) is -1.13. The van der Waals surface area contributed by atoms with Gasteiger partial charge in [0.2, 0.25) is 0 Å². The molecule has 1 amide bonds. The molecule has 0 fully saturated rings. The van der Waals surface area contributed by atoms with Gasteiger partial charge in [-0.15, -0.1) is 0 Å². The highest BCUT2D eigenvalue weighted by molar-refractivity contribution is 5.80. The topological polar surface area (TPSA) is 84.9 Å². The number of carbonyl (C=O) groups excluding carboxylic acids is 1. The summed E-state index contributed by atoms with van der Waals surface area (Å²) in [5.41, 5.74) is 0.273. The number of hydrogen-bond acceptors (Lipinski definition) is 4. The molecular weight excluding hydrogens is 415 g/mol. The van der Waals surface area contributed by atoms with Gasteiger partial charge in [-0.2, -0.15) is 13.2 Å². The van der Waals surface area contributed by atoms with Gasteiger partial charge in [-0.25, -0.2) is 4.79 Å². The van der Waals surface area contributed by atoms with Gasteiger partial charge in [0, 0.05) is 19.6 Å². The van der Waals surface area contributed by atoms with E-state index in [9.17, 15) is 22.8 Å². The summed E-state index contributed by atoms with van der Waals surface area (Å²) >= 11 is 0. The SMILES string of the molecule is CCO[C@H](Cc1ccc(OC(C)C(=O)NCc2cccc(C(F)(F)F)c2)cc1)C(=O)O. The van der Waals surface area contributed by atoms with Gasteiger partial charge in [0.25, 0.3) is 5.91 Å². The van der Waals surface area contributed by atoms with Crippen LogP contribution in [0.15, 0.2) is 48.5 Å². The number of alkyl halides is 3. The average molecular weight is 439 g/mol. The van der Waals surface area contributed by atoms with Gasteiger partial charge in [0.1, 0.15) is 5.75 Å². The summed E-state index contributed by atoms with van der Waals surface area (Å²) in [5, 5.41) is 11.7. The van der Waals surface area contributed by atoms with E-state index < -0.39 is 35.8 Å². The lowest BCUT2D eigenvalue weighted by molar-refractivity contribution is -0.150. The standard InChI is InChI=1S/C22H24F3NO5/c1-3-30-19(21(28)29)12-15-7-9-18(10-8-15)31-14(2)20(27)26-13-16-5-4-6-17(11-16)22(23,24)25/h4-11,14,19H,3,12-13H2,1-2H3,(H,26,27)(H,28,29)/t14?,19-/m1/s1. The molecule has 168 valence electrons. The zero-order valence-electron chi connectivity index (χ0n) is 17.1. The molecule has 0 bridgehead atoms. The van der Waals surface area contributed by atoms with Crippen molar-refractivity contribution in [2.24, 2.45) is 0 Å². The molecule has 0 aliphatic rings. The lowest BCUT2D eigenvalue weighted by Gasteiger charge is -2.16. The molecular formula is C22H24F3NO5. The lowest BCUT2D eigenvalue weighted by atomic mass is 10.1. The molecule has 2 atom stereocenters. The Morgan fingerprint density at radius 3 is 2.35 bits per heavy atom. The Hall–Kier alpha value is -3.07. The highest BCUT2D eigenvalue weighted by atomic mass is 19.4. The molecule has 2 aromatic rings. The summed E-state index contributed by atoms with van der Waals surface area (Å²) < 4.78 is 49.0. The van der Waals surface area contributed by atoms with Crippen LogP contribution in [-0.2, 0) is 33.5 Å². The average Bonchev–Trinajstić information content (AvgIpc) is 2.72. The van der Waals surface area contributed by atoms with Crippen molar-refractivity contribution in [1.29, 1.82) is 0 Å². The minimum Gasteiger partial charge on any atom is -0.481 e. The normalized spacial score (nSPS) is 13.3. The van der Waals surface area contributed by atoms with Crippen molar-refractivity contribution in [2.45, 2.75) is 45.2 Å². The van der Waals surface area contributed by atoms with Crippen molar-refractivity contribution in [1.82, 2.24) is 5.32 Å². The monoisotopic (exact) mass is 439 g/mol. The first-order valence-corrected chi connectivity index (χ1v) is 9.64. The Morgan fingerprint density at radius 2 is 1.77 bits per heavy atom. The number of carboxylic acids is 1. The summed E-state index contributed by atoms with van der Waals surface area (Å²) in [7, 11) is 0. The van der Waals surface area contributed by atoms with Crippen LogP contribution in [-0.4, -0.2) is 35.8 Å². The van der Waals surface area contributed by atoms with Crippen LogP contribution in [0.5, 0.6) is 5.75 Å². The third-order valence-electron chi connectivity index (χ3n) is 4.39. The largest absolute Gasteiger partial charge is 0.481 e. The minimum absolute atomic E-state index is 0.0661. The molecule has 2 aromatic carbocycles. The molecule has 0 saturated carbocycles. The van der Waals surface area contributed by atoms with Crippen molar-refractivity contribution in [3.05, 3.63) is 65.2 Å². The van der Waals surface area contributed by atoms with Gasteiger partial charge < -0.3 is 19.9 Å². The molecule has 0 saturated heterocycles. The number of benzene rings is 2. The van der Waals surface area contributed by atoms with E-state index in [4.69, 9.17) is 14.6 Å². The van der Waals surface area contributed by atoms with Crippen molar-refractivity contribution in [3.63, 3.8) is 0 Å². The first-order valence-electron chi connectivity index (χ1n) is 9.64. The zero-order chi connectivity index (χ0) is 23.0. The van der Waals surface area contributed by atoms with Crippen LogP contribution in [0.4, 0.5) is 13.2 Å². The molecule has 0 aromatic heterocycles. The Balaban J connectivity index is 1.89. The molecule has 9 heteroatoms. The number of nitrogens with one attached hydrogen (secondary N) is 1. The third-order valence-corrected chi connectivity index (χ3v) is 4.39. The molecule has 2 N–H and O–H groups in total. The number of carboxylic acid groups (broad SMARTS) is 1.